The van der Waals surface area contributed by atoms with Crippen LogP contribution in [0, 0.1) is 0 Å². The minimum atomic E-state index is -1.58. The van der Waals surface area contributed by atoms with Crippen molar-refractivity contribution in [1.82, 2.24) is 25.3 Å². The van der Waals surface area contributed by atoms with Gasteiger partial charge in [-0.15, -0.1) is 0 Å². The molecular formula is C23H25N5O6. The Kier molecular flexibility index (Phi) is 4.99. The fourth-order valence-electron chi connectivity index (χ4n) is 4.73. The molecule has 5 rings (SSSR count). The number of nitrogens with zero attached hydrogens (tertiary/aromatic N) is 3. The smallest absolute Gasteiger partial charge is 0.322 e. The van der Waals surface area contributed by atoms with E-state index in [0.29, 0.717) is 36.6 Å². The average molecular weight is 467 g/mol. The van der Waals surface area contributed by atoms with Gasteiger partial charge in [0, 0.05) is 44.7 Å². The normalized spacial score (nSPS) is 21.2. The Labute approximate surface area is 195 Å². The van der Waals surface area contributed by atoms with E-state index in [1.165, 1.54) is 16.9 Å². The molecule has 2 N–H and O–H groups in total. The molecule has 178 valence electrons. The van der Waals surface area contributed by atoms with E-state index in [1.54, 1.807) is 37.2 Å². The van der Waals surface area contributed by atoms with Crippen LogP contribution in [-0.2, 0) is 29.8 Å². The molecule has 6 amide bonds. The predicted molar refractivity (Wildman–Crippen MR) is 118 cm³/mol. The first-order chi connectivity index (χ1) is 16.2. The molecule has 0 saturated carbocycles. The maximum absolute atomic E-state index is 13.1. The van der Waals surface area contributed by atoms with Gasteiger partial charge in [0.25, 0.3) is 11.8 Å². The number of imide groups is 1. The molecule has 1 atom stereocenters. The van der Waals surface area contributed by atoms with E-state index in [1.807, 2.05) is 6.07 Å². The van der Waals surface area contributed by atoms with Gasteiger partial charge in [-0.05, 0) is 23.8 Å². The molecular weight excluding hydrogens is 442 g/mol. The number of ether oxygens (including phenoxy) is 1. The molecule has 0 aliphatic carbocycles. The summed E-state index contributed by atoms with van der Waals surface area (Å²) < 4.78 is 11.3. The molecule has 34 heavy (non-hydrogen) atoms. The van der Waals surface area contributed by atoms with Crippen molar-refractivity contribution in [3.63, 3.8) is 0 Å². The quantitative estimate of drug-likeness (QED) is 0.647. The minimum Gasteiger partial charge on any atom is -0.497 e. The average Bonchev–Trinajstić information content (AvgIpc) is 3.46. The lowest BCUT2D eigenvalue weighted by Crippen LogP contribution is -2.52. The summed E-state index contributed by atoms with van der Waals surface area (Å²) >= 11 is 0. The molecule has 3 aliphatic rings. The molecule has 3 aliphatic heterocycles. The third-order valence-corrected chi connectivity index (χ3v) is 6.51. The molecule has 1 unspecified atom stereocenters. The maximum Gasteiger partial charge on any atom is 0.322 e. The molecule has 11 nitrogen and oxygen atoms in total. The van der Waals surface area contributed by atoms with Gasteiger partial charge in [-0.2, -0.15) is 0 Å². The van der Waals surface area contributed by atoms with E-state index in [-0.39, 0.29) is 30.8 Å². The van der Waals surface area contributed by atoms with Crippen molar-refractivity contribution < 1.29 is 28.3 Å². The second kappa shape index (κ2) is 7.79. The molecule has 11 heteroatoms. The largest absolute Gasteiger partial charge is 0.497 e. The lowest BCUT2D eigenvalue weighted by Gasteiger charge is -2.29. The van der Waals surface area contributed by atoms with Gasteiger partial charge in [0.2, 0.25) is 0 Å². The summed E-state index contributed by atoms with van der Waals surface area (Å²) in [6, 6.07) is 6.18. The number of carbonyl (C=O) groups is 4. The zero-order valence-electron chi connectivity index (χ0n) is 19.1. The maximum atomic E-state index is 13.1. The Morgan fingerprint density at radius 3 is 2.65 bits per heavy atom. The van der Waals surface area contributed by atoms with Gasteiger partial charge in [0.05, 0.1) is 20.2 Å². The molecule has 2 aromatic rings. The number of hydrogen-bond donors (Lipinski definition) is 2. The van der Waals surface area contributed by atoms with E-state index in [9.17, 15) is 19.2 Å². The first-order valence-corrected chi connectivity index (χ1v) is 10.9. The van der Waals surface area contributed by atoms with E-state index >= 15 is 0 Å². The highest BCUT2D eigenvalue weighted by molar-refractivity contribution is 6.08. The Morgan fingerprint density at radius 1 is 1.18 bits per heavy atom. The summed E-state index contributed by atoms with van der Waals surface area (Å²) in [5, 5.41) is 4.97. The summed E-state index contributed by atoms with van der Waals surface area (Å²) in [4.78, 5) is 55.5. The number of fused-ring (bicyclic) bond motifs is 2. The van der Waals surface area contributed by atoms with Gasteiger partial charge in [-0.3, -0.25) is 14.9 Å². The molecule has 0 radical (unpaired) electrons. The van der Waals surface area contributed by atoms with E-state index < -0.39 is 17.5 Å². The van der Waals surface area contributed by atoms with Crippen molar-refractivity contribution in [3.05, 3.63) is 52.5 Å². The van der Waals surface area contributed by atoms with Crippen molar-refractivity contribution in [2.45, 2.75) is 25.0 Å². The summed E-state index contributed by atoms with van der Waals surface area (Å²) in [5.41, 5.74) is 0.496. The second-order valence-electron chi connectivity index (χ2n) is 8.91. The van der Waals surface area contributed by atoms with E-state index in [0.717, 1.165) is 11.1 Å². The van der Waals surface area contributed by atoms with E-state index in [2.05, 4.69) is 10.6 Å². The lowest BCUT2D eigenvalue weighted by molar-refractivity contribution is -0.125. The molecule has 0 bridgehead atoms. The van der Waals surface area contributed by atoms with Crippen LogP contribution in [0.3, 0.4) is 0 Å². The Hall–Kier alpha value is -4.02. The van der Waals surface area contributed by atoms with Gasteiger partial charge < -0.3 is 29.2 Å². The standard InChI is InChI=1S/C23H25N5O6/c1-26(2)22(32)27-7-6-17-14(11-27)8-18(34-17)23(20(30)24-21(31)25-23)12-28-10-13-4-5-15(33-3)9-16(13)19(28)29/h4-5,8-9H,6-7,10-12H2,1-3H3,(H2,24,25,30,31). The van der Waals surface area contributed by atoms with E-state index in [4.69, 9.17) is 9.15 Å². The molecule has 4 heterocycles. The van der Waals surface area contributed by atoms with Crippen LogP contribution in [0.2, 0.25) is 0 Å². The lowest BCUT2D eigenvalue weighted by atomic mass is 9.94. The van der Waals surface area contributed by atoms with Crippen LogP contribution in [0.1, 0.15) is 33.0 Å². The number of rotatable bonds is 4. The van der Waals surface area contributed by atoms with Crippen molar-refractivity contribution in [1.29, 1.82) is 0 Å². The van der Waals surface area contributed by atoms with Crippen LogP contribution >= 0.6 is 0 Å². The third-order valence-electron chi connectivity index (χ3n) is 6.51. The number of nitrogens with one attached hydrogen (secondary N) is 2. The Bertz CT molecular complexity index is 1220. The van der Waals surface area contributed by atoms with Crippen LogP contribution in [0.15, 0.2) is 28.7 Å². The molecule has 1 aromatic heterocycles. The third kappa shape index (κ3) is 3.35. The van der Waals surface area contributed by atoms with Gasteiger partial charge >= 0.3 is 12.1 Å². The van der Waals surface area contributed by atoms with Gasteiger partial charge in [0.15, 0.2) is 5.54 Å². The predicted octanol–water partition coefficient (Wildman–Crippen LogP) is 1.02. The highest BCUT2D eigenvalue weighted by atomic mass is 16.5. The molecule has 1 fully saturated rings. The number of hydrogen-bond acceptors (Lipinski definition) is 6. The number of benzene rings is 1. The molecule has 1 aromatic carbocycles. The Balaban J connectivity index is 1.46. The molecule has 1 saturated heterocycles. The number of amides is 6. The first kappa shape index (κ1) is 21.8. The van der Waals surface area contributed by atoms with Crippen LogP contribution < -0.4 is 15.4 Å². The highest BCUT2D eigenvalue weighted by Gasteiger charge is 2.53. The van der Waals surface area contributed by atoms with Gasteiger partial charge in [-0.1, -0.05) is 6.07 Å². The summed E-state index contributed by atoms with van der Waals surface area (Å²) in [6.45, 7) is 0.987. The van der Waals surface area contributed by atoms with Crippen LogP contribution in [0.4, 0.5) is 9.59 Å². The summed E-state index contributed by atoms with van der Waals surface area (Å²) in [6.07, 6.45) is 0.481. The highest BCUT2D eigenvalue weighted by Crippen LogP contribution is 2.35. The fourth-order valence-corrected chi connectivity index (χ4v) is 4.73. The summed E-state index contributed by atoms with van der Waals surface area (Å²) in [7, 11) is 4.90. The van der Waals surface area contributed by atoms with Crippen LogP contribution in [0.5, 0.6) is 5.75 Å². The second-order valence-corrected chi connectivity index (χ2v) is 8.91. The van der Waals surface area contributed by atoms with Crippen molar-refractivity contribution in [2.24, 2.45) is 0 Å². The number of urea groups is 2. The SMILES string of the molecule is COc1ccc2c(c1)C(=O)N(CC1(c3cc4c(o3)CCN(C(=O)N(C)C)C4)NC(=O)NC1=O)C2. The number of furan rings is 1. The number of carbonyl (C=O) groups excluding carboxylic acids is 4. The minimum absolute atomic E-state index is 0.104. The van der Waals surface area contributed by atoms with Gasteiger partial charge in [0.1, 0.15) is 17.3 Å². The molecule has 0 spiro atoms. The monoisotopic (exact) mass is 467 g/mol. The Morgan fingerprint density at radius 2 is 1.97 bits per heavy atom. The van der Waals surface area contributed by atoms with Crippen molar-refractivity contribution >= 4 is 23.9 Å². The van der Waals surface area contributed by atoms with Gasteiger partial charge in [-0.25, -0.2) is 9.59 Å². The fraction of sp³-hybridized carbons (Fsp3) is 0.391. The van der Waals surface area contributed by atoms with Crippen molar-refractivity contribution in [3.8, 4) is 5.75 Å². The van der Waals surface area contributed by atoms with Crippen LogP contribution in [0.25, 0.3) is 0 Å². The zero-order chi connectivity index (χ0) is 24.2. The first-order valence-electron chi connectivity index (χ1n) is 10.9. The zero-order valence-corrected chi connectivity index (χ0v) is 19.1. The summed E-state index contributed by atoms with van der Waals surface area (Å²) in [5.74, 6) is 0.604. The number of methoxy groups -OCH3 is 1. The van der Waals surface area contributed by atoms with Crippen LogP contribution in [-0.4, -0.2) is 72.9 Å². The van der Waals surface area contributed by atoms with Crippen molar-refractivity contribution in [2.75, 3.05) is 34.3 Å². The topological polar surface area (TPSA) is 124 Å².